The molecular weight excluding hydrogens is 286 g/mol. The topological polar surface area (TPSA) is 56.5 Å². The van der Waals surface area contributed by atoms with E-state index in [2.05, 4.69) is 9.38 Å². The molecule has 0 aliphatic carbocycles. The minimum atomic E-state index is -1.30. The Morgan fingerprint density at radius 2 is 1.95 bits per heavy atom. The molecule has 112 valence electrons. The zero-order valence-electron chi connectivity index (χ0n) is 12.6. The number of aromatic nitrogens is 2. The average Bonchev–Trinajstić information content (AvgIpc) is 2.92. The maximum absolute atomic E-state index is 12.0. The van der Waals surface area contributed by atoms with E-state index in [0.29, 0.717) is 5.82 Å². The van der Waals surface area contributed by atoms with Gasteiger partial charge in [0.15, 0.2) is 5.82 Å². The van der Waals surface area contributed by atoms with E-state index in [0.717, 1.165) is 11.4 Å². The van der Waals surface area contributed by atoms with Crippen LogP contribution in [0.2, 0.25) is 0 Å². The van der Waals surface area contributed by atoms with Gasteiger partial charge in [0.1, 0.15) is 16.7 Å². The summed E-state index contributed by atoms with van der Waals surface area (Å²) in [6.45, 7) is 5.66. The van der Waals surface area contributed by atoms with Gasteiger partial charge in [-0.25, -0.2) is 9.19 Å². The van der Waals surface area contributed by atoms with Crippen molar-refractivity contribution in [3.8, 4) is 11.4 Å². The molecule has 0 saturated carbocycles. The van der Waals surface area contributed by atoms with Crippen molar-refractivity contribution in [1.82, 2.24) is 9.55 Å². The molecule has 0 N–H and O–H groups in total. The molecule has 1 aromatic carbocycles. The minimum absolute atomic E-state index is 0.381. The minimum Gasteiger partial charge on any atom is -0.497 e. The fourth-order valence-electron chi connectivity index (χ4n) is 1.62. The van der Waals surface area contributed by atoms with Crippen molar-refractivity contribution in [2.24, 2.45) is 4.40 Å². The van der Waals surface area contributed by atoms with Crippen LogP contribution in [0.25, 0.3) is 5.69 Å². The maximum Gasteiger partial charge on any atom is 0.156 e. The highest BCUT2D eigenvalue weighted by atomic mass is 32.2. The fraction of sp³-hybridized carbons (Fsp3) is 0.333. The molecule has 1 heterocycles. The van der Waals surface area contributed by atoms with Crippen LogP contribution >= 0.6 is 0 Å². The second-order valence-electron chi connectivity index (χ2n) is 5.45. The Bertz CT molecular complexity index is 654. The summed E-state index contributed by atoms with van der Waals surface area (Å²) in [5.74, 6) is 1.43. The highest BCUT2D eigenvalue weighted by Crippen LogP contribution is 2.16. The van der Waals surface area contributed by atoms with E-state index in [1.807, 2.05) is 55.8 Å². The molecule has 1 atom stereocenters. The summed E-state index contributed by atoms with van der Waals surface area (Å²) in [7, 11) is 0.335. The van der Waals surface area contributed by atoms with Gasteiger partial charge in [-0.05, 0) is 45.0 Å². The van der Waals surface area contributed by atoms with Crippen molar-refractivity contribution in [3.63, 3.8) is 0 Å². The van der Waals surface area contributed by atoms with E-state index in [1.54, 1.807) is 19.5 Å². The lowest BCUT2D eigenvalue weighted by atomic mass is 10.3. The van der Waals surface area contributed by atoms with Crippen LogP contribution in [-0.2, 0) is 11.0 Å². The van der Waals surface area contributed by atoms with Crippen LogP contribution in [0, 0.1) is 0 Å². The molecule has 2 rings (SSSR count). The van der Waals surface area contributed by atoms with Crippen LogP contribution in [0.1, 0.15) is 26.6 Å². The number of hydrogen-bond donors (Lipinski definition) is 0. The van der Waals surface area contributed by atoms with E-state index >= 15 is 0 Å². The molecule has 6 heteroatoms. The molecule has 0 fully saturated rings. The molecule has 0 aliphatic rings. The Hall–Kier alpha value is -1.95. The molecule has 0 spiro atoms. The van der Waals surface area contributed by atoms with Crippen LogP contribution < -0.4 is 4.74 Å². The lowest BCUT2D eigenvalue weighted by molar-refractivity contribution is 0.414. The fourth-order valence-corrected chi connectivity index (χ4v) is 2.13. The number of rotatable bonds is 4. The Balaban J connectivity index is 2.26. The molecule has 0 aliphatic heterocycles. The number of nitrogens with zero attached hydrogens (tertiary/aromatic N) is 3. The molecule has 0 saturated heterocycles. The predicted molar refractivity (Wildman–Crippen MR) is 85.6 cm³/mol. The first-order valence-corrected chi connectivity index (χ1v) is 7.66. The normalized spacial score (nSPS) is 13.5. The highest BCUT2D eigenvalue weighted by Gasteiger charge is 2.18. The molecule has 0 amide bonds. The van der Waals surface area contributed by atoms with Crippen LogP contribution in [0.3, 0.4) is 0 Å². The molecular formula is C15H19N3O2S. The van der Waals surface area contributed by atoms with Gasteiger partial charge in [0.25, 0.3) is 0 Å². The summed E-state index contributed by atoms with van der Waals surface area (Å²) in [6, 6.07) is 7.62. The number of ether oxygens (including phenoxy) is 1. The first-order valence-electron chi connectivity index (χ1n) is 6.55. The molecule has 1 aromatic heterocycles. The molecule has 0 radical (unpaired) electrons. The second kappa shape index (κ2) is 6.22. The number of imidazole rings is 1. The van der Waals surface area contributed by atoms with Crippen LogP contribution in [0.5, 0.6) is 5.75 Å². The Morgan fingerprint density at radius 1 is 1.29 bits per heavy atom. The summed E-state index contributed by atoms with van der Waals surface area (Å²) in [6.07, 6.45) is 5.07. The third-order valence-electron chi connectivity index (χ3n) is 2.81. The Labute approximate surface area is 127 Å². The van der Waals surface area contributed by atoms with Gasteiger partial charge in [-0.2, -0.15) is 4.40 Å². The average molecular weight is 305 g/mol. The summed E-state index contributed by atoms with van der Waals surface area (Å²) < 4.78 is 22.7. The van der Waals surface area contributed by atoms with Gasteiger partial charge in [0, 0.05) is 18.1 Å². The van der Waals surface area contributed by atoms with Crippen molar-refractivity contribution in [3.05, 3.63) is 42.5 Å². The Morgan fingerprint density at radius 3 is 2.52 bits per heavy atom. The van der Waals surface area contributed by atoms with Crippen LogP contribution in [-0.4, -0.2) is 31.8 Å². The number of methoxy groups -OCH3 is 1. The second-order valence-corrected chi connectivity index (χ2v) is 7.38. The van der Waals surface area contributed by atoms with Gasteiger partial charge in [0.05, 0.1) is 18.1 Å². The quantitative estimate of drug-likeness (QED) is 0.816. The zero-order chi connectivity index (χ0) is 15.5. The van der Waals surface area contributed by atoms with Crippen molar-refractivity contribution in [2.75, 3.05) is 7.11 Å². The lowest BCUT2D eigenvalue weighted by Crippen LogP contribution is -2.19. The monoisotopic (exact) mass is 305 g/mol. The van der Waals surface area contributed by atoms with E-state index in [4.69, 9.17) is 4.74 Å². The highest BCUT2D eigenvalue weighted by molar-refractivity contribution is 7.85. The first kappa shape index (κ1) is 15.4. The van der Waals surface area contributed by atoms with E-state index in [-0.39, 0.29) is 4.75 Å². The first-order chi connectivity index (χ1) is 9.91. The van der Waals surface area contributed by atoms with Gasteiger partial charge in [0.2, 0.25) is 0 Å². The molecule has 0 bridgehead atoms. The van der Waals surface area contributed by atoms with E-state index in [1.165, 1.54) is 0 Å². The molecule has 5 nitrogen and oxygen atoms in total. The number of benzene rings is 1. The van der Waals surface area contributed by atoms with Crippen molar-refractivity contribution in [2.45, 2.75) is 25.5 Å². The SMILES string of the molecule is COc1ccc(-n2ccnc2C=NS(=O)C(C)(C)C)cc1. The lowest BCUT2D eigenvalue weighted by Gasteiger charge is -2.12. The standard InChI is InChI=1S/C15H19N3O2S/c1-15(2,3)21(19)17-11-14-16-9-10-18(14)12-5-7-13(20-4)8-6-12/h5-11H,1-4H3. The van der Waals surface area contributed by atoms with Gasteiger partial charge >= 0.3 is 0 Å². The third-order valence-corrected chi connectivity index (χ3v) is 4.15. The van der Waals surface area contributed by atoms with Gasteiger partial charge in [-0.3, -0.25) is 4.57 Å². The summed E-state index contributed by atoms with van der Waals surface area (Å²) in [4.78, 5) is 4.24. The predicted octanol–water partition coefficient (Wildman–Crippen LogP) is 2.76. The molecule has 2 aromatic rings. The van der Waals surface area contributed by atoms with Gasteiger partial charge in [-0.15, -0.1) is 0 Å². The van der Waals surface area contributed by atoms with Crippen molar-refractivity contribution < 1.29 is 8.95 Å². The molecule has 1 unspecified atom stereocenters. The largest absolute Gasteiger partial charge is 0.497 e. The van der Waals surface area contributed by atoms with Crippen molar-refractivity contribution >= 4 is 17.2 Å². The summed E-state index contributed by atoms with van der Waals surface area (Å²) in [5, 5.41) is 0. The summed E-state index contributed by atoms with van der Waals surface area (Å²) in [5.41, 5.74) is 0.941. The van der Waals surface area contributed by atoms with Crippen LogP contribution in [0.15, 0.2) is 41.1 Å². The Kier molecular flexibility index (Phi) is 4.57. The smallest absolute Gasteiger partial charge is 0.156 e. The van der Waals surface area contributed by atoms with Crippen LogP contribution in [0.4, 0.5) is 0 Å². The van der Waals surface area contributed by atoms with Gasteiger partial charge in [-0.1, -0.05) is 0 Å². The van der Waals surface area contributed by atoms with E-state index < -0.39 is 11.0 Å². The summed E-state index contributed by atoms with van der Waals surface area (Å²) >= 11 is 0. The zero-order valence-corrected chi connectivity index (χ0v) is 13.4. The van der Waals surface area contributed by atoms with Gasteiger partial charge < -0.3 is 4.74 Å². The van der Waals surface area contributed by atoms with E-state index in [9.17, 15) is 4.21 Å². The van der Waals surface area contributed by atoms with Crippen molar-refractivity contribution in [1.29, 1.82) is 0 Å². The third kappa shape index (κ3) is 3.78. The number of hydrogen-bond acceptors (Lipinski definition) is 3. The molecule has 21 heavy (non-hydrogen) atoms. The maximum atomic E-state index is 12.0.